The van der Waals surface area contributed by atoms with E-state index in [1.54, 1.807) is 11.3 Å². The van der Waals surface area contributed by atoms with Crippen molar-refractivity contribution >= 4 is 22.2 Å². The standard InChI is InChI=1S/C13H18N4S/c1-3-15-11-6-7-16-10(8-11)4-5-12-9-17-13(14-2)18-12/h6-9H,3-5H2,1-2H3,(H,14,17)(H,15,16). The Hall–Kier alpha value is -1.62. The smallest absolute Gasteiger partial charge is 0.182 e. The van der Waals surface area contributed by atoms with Crippen LogP contribution in [0.1, 0.15) is 17.5 Å². The van der Waals surface area contributed by atoms with Gasteiger partial charge in [0.25, 0.3) is 0 Å². The highest BCUT2D eigenvalue weighted by molar-refractivity contribution is 7.15. The van der Waals surface area contributed by atoms with Crippen LogP contribution in [0.4, 0.5) is 10.8 Å². The number of thiazole rings is 1. The molecule has 0 amide bonds. The lowest BCUT2D eigenvalue weighted by Crippen LogP contribution is -1.99. The second-order valence-corrected chi connectivity index (χ2v) is 5.06. The van der Waals surface area contributed by atoms with E-state index in [4.69, 9.17) is 0 Å². The molecule has 2 aromatic heterocycles. The van der Waals surface area contributed by atoms with Crippen molar-refractivity contribution in [3.05, 3.63) is 35.1 Å². The number of anilines is 2. The molecule has 0 saturated heterocycles. The van der Waals surface area contributed by atoms with Crippen LogP contribution in [0.15, 0.2) is 24.5 Å². The third-order valence-electron chi connectivity index (χ3n) is 2.59. The lowest BCUT2D eigenvalue weighted by atomic mass is 10.2. The van der Waals surface area contributed by atoms with Crippen molar-refractivity contribution < 1.29 is 0 Å². The zero-order valence-corrected chi connectivity index (χ0v) is 11.5. The molecule has 0 aromatic carbocycles. The third-order valence-corrected chi connectivity index (χ3v) is 3.67. The largest absolute Gasteiger partial charge is 0.385 e. The fourth-order valence-corrected chi connectivity index (χ4v) is 2.48. The van der Waals surface area contributed by atoms with Gasteiger partial charge in [-0.05, 0) is 31.9 Å². The third kappa shape index (κ3) is 3.43. The zero-order valence-electron chi connectivity index (χ0n) is 10.7. The number of aromatic nitrogens is 2. The number of hydrogen-bond acceptors (Lipinski definition) is 5. The molecular weight excluding hydrogens is 244 g/mol. The molecular formula is C13H18N4S. The molecule has 0 spiro atoms. The van der Waals surface area contributed by atoms with Crippen LogP contribution in [0.5, 0.6) is 0 Å². The van der Waals surface area contributed by atoms with Crippen molar-refractivity contribution in [3.63, 3.8) is 0 Å². The van der Waals surface area contributed by atoms with Crippen LogP contribution in [0.2, 0.25) is 0 Å². The first-order chi connectivity index (χ1) is 8.81. The topological polar surface area (TPSA) is 49.8 Å². The molecule has 0 atom stereocenters. The van der Waals surface area contributed by atoms with Crippen LogP contribution in [0, 0.1) is 0 Å². The summed E-state index contributed by atoms with van der Waals surface area (Å²) in [5, 5.41) is 7.32. The van der Waals surface area contributed by atoms with Gasteiger partial charge in [-0.3, -0.25) is 4.98 Å². The molecule has 0 bridgehead atoms. The van der Waals surface area contributed by atoms with E-state index in [1.165, 1.54) is 4.88 Å². The Kier molecular flexibility index (Phi) is 4.52. The van der Waals surface area contributed by atoms with E-state index in [2.05, 4.69) is 33.6 Å². The van der Waals surface area contributed by atoms with E-state index in [0.29, 0.717) is 0 Å². The van der Waals surface area contributed by atoms with Gasteiger partial charge in [-0.2, -0.15) is 0 Å². The molecule has 96 valence electrons. The predicted molar refractivity (Wildman–Crippen MR) is 77.5 cm³/mol. The molecule has 5 heteroatoms. The highest BCUT2D eigenvalue weighted by Gasteiger charge is 2.02. The van der Waals surface area contributed by atoms with Crippen LogP contribution < -0.4 is 10.6 Å². The Bertz CT molecular complexity index is 495. The number of nitrogens with one attached hydrogen (secondary N) is 2. The molecule has 18 heavy (non-hydrogen) atoms. The summed E-state index contributed by atoms with van der Waals surface area (Å²) in [4.78, 5) is 9.95. The van der Waals surface area contributed by atoms with E-state index in [1.807, 2.05) is 25.5 Å². The first-order valence-electron chi connectivity index (χ1n) is 6.13. The molecule has 0 fully saturated rings. The normalized spacial score (nSPS) is 10.3. The van der Waals surface area contributed by atoms with Gasteiger partial charge in [-0.1, -0.05) is 0 Å². The van der Waals surface area contributed by atoms with Crippen molar-refractivity contribution in [3.8, 4) is 0 Å². The summed E-state index contributed by atoms with van der Waals surface area (Å²) in [6, 6.07) is 4.11. The van der Waals surface area contributed by atoms with Crippen molar-refractivity contribution in [1.29, 1.82) is 0 Å². The molecule has 0 aliphatic heterocycles. The zero-order chi connectivity index (χ0) is 12.8. The Balaban J connectivity index is 1.94. The number of aryl methyl sites for hydroxylation is 2. The monoisotopic (exact) mass is 262 g/mol. The summed E-state index contributed by atoms with van der Waals surface area (Å²) < 4.78 is 0. The van der Waals surface area contributed by atoms with Crippen molar-refractivity contribution in [2.24, 2.45) is 0 Å². The van der Waals surface area contributed by atoms with E-state index in [0.717, 1.165) is 35.9 Å². The average Bonchev–Trinajstić information content (AvgIpc) is 2.85. The molecule has 2 aromatic rings. The number of hydrogen-bond donors (Lipinski definition) is 2. The van der Waals surface area contributed by atoms with Gasteiger partial charge in [0.15, 0.2) is 5.13 Å². The summed E-state index contributed by atoms with van der Waals surface area (Å²) in [5.41, 5.74) is 2.26. The lowest BCUT2D eigenvalue weighted by Gasteiger charge is -2.04. The fraction of sp³-hybridized carbons (Fsp3) is 0.385. The van der Waals surface area contributed by atoms with Gasteiger partial charge in [-0.25, -0.2) is 4.98 Å². The number of nitrogens with zero attached hydrogens (tertiary/aromatic N) is 2. The van der Waals surface area contributed by atoms with Gasteiger partial charge in [0.2, 0.25) is 0 Å². The van der Waals surface area contributed by atoms with E-state index in [-0.39, 0.29) is 0 Å². The molecule has 0 unspecified atom stereocenters. The molecule has 0 radical (unpaired) electrons. The minimum Gasteiger partial charge on any atom is -0.385 e. The van der Waals surface area contributed by atoms with Gasteiger partial charge in [0.05, 0.1) is 0 Å². The Labute approximate surface area is 111 Å². The lowest BCUT2D eigenvalue weighted by molar-refractivity contribution is 0.925. The summed E-state index contributed by atoms with van der Waals surface area (Å²) in [7, 11) is 1.89. The minimum absolute atomic E-state index is 0.934. The molecule has 0 saturated carbocycles. The van der Waals surface area contributed by atoms with Gasteiger partial charge in [0, 0.05) is 42.2 Å². The van der Waals surface area contributed by atoms with Gasteiger partial charge in [-0.15, -0.1) is 11.3 Å². The van der Waals surface area contributed by atoms with Gasteiger partial charge < -0.3 is 10.6 Å². The molecule has 0 aliphatic rings. The molecule has 4 nitrogen and oxygen atoms in total. The van der Waals surface area contributed by atoms with Crippen molar-refractivity contribution in [2.45, 2.75) is 19.8 Å². The highest BCUT2D eigenvalue weighted by atomic mass is 32.1. The van der Waals surface area contributed by atoms with Crippen LogP contribution in [-0.2, 0) is 12.8 Å². The number of rotatable bonds is 6. The summed E-state index contributed by atoms with van der Waals surface area (Å²) in [6.45, 7) is 3.03. The summed E-state index contributed by atoms with van der Waals surface area (Å²) >= 11 is 1.70. The Morgan fingerprint density at radius 2 is 2.17 bits per heavy atom. The quantitative estimate of drug-likeness (QED) is 0.840. The first kappa shape index (κ1) is 12.8. The second-order valence-electron chi connectivity index (χ2n) is 3.95. The van der Waals surface area contributed by atoms with Crippen molar-refractivity contribution in [1.82, 2.24) is 9.97 Å². The summed E-state index contributed by atoms with van der Waals surface area (Å²) in [6.07, 6.45) is 5.73. The van der Waals surface area contributed by atoms with E-state index < -0.39 is 0 Å². The van der Waals surface area contributed by atoms with Gasteiger partial charge in [0.1, 0.15) is 0 Å². The van der Waals surface area contributed by atoms with Crippen LogP contribution in [0.3, 0.4) is 0 Å². The summed E-state index contributed by atoms with van der Waals surface area (Å²) in [5.74, 6) is 0. The van der Waals surface area contributed by atoms with E-state index >= 15 is 0 Å². The maximum Gasteiger partial charge on any atom is 0.182 e. The molecule has 0 aliphatic carbocycles. The van der Waals surface area contributed by atoms with Crippen LogP contribution in [0.25, 0.3) is 0 Å². The van der Waals surface area contributed by atoms with Crippen LogP contribution in [-0.4, -0.2) is 23.6 Å². The van der Waals surface area contributed by atoms with Crippen molar-refractivity contribution in [2.75, 3.05) is 24.2 Å². The average molecular weight is 262 g/mol. The minimum atomic E-state index is 0.934. The van der Waals surface area contributed by atoms with Gasteiger partial charge >= 0.3 is 0 Å². The molecule has 2 rings (SSSR count). The maximum absolute atomic E-state index is 4.39. The maximum atomic E-state index is 4.39. The Morgan fingerprint density at radius 1 is 1.28 bits per heavy atom. The number of pyridine rings is 1. The predicted octanol–water partition coefficient (Wildman–Crippen LogP) is 2.80. The van der Waals surface area contributed by atoms with Crippen LogP contribution >= 0.6 is 11.3 Å². The second kappa shape index (κ2) is 6.35. The SMILES string of the molecule is CCNc1ccnc(CCc2cnc(NC)s2)c1. The highest BCUT2D eigenvalue weighted by Crippen LogP contribution is 2.19. The van der Waals surface area contributed by atoms with E-state index in [9.17, 15) is 0 Å². The first-order valence-corrected chi connectivity index (χ1v) is 6.94. The fourth-order valence-electron chi connectivity index (χ4n) is 1.72. The Morgan fingerprint density at radius 3 is 2.89 bits per heavy atom. The molecule has 2 N–H and O–H groups in total. The molecule has 2 heterocycles.